The topological polar surface area (TPSA) is 55.4 Å². The van der Waals surface area contributed by atoms with Gasteiger partial charge in [0, 0.05) is 13.0 Å². The molecule has 0 unspecified atom stereocenters. The molecule has 0 aliphatic carbocycles. The van der Waals surface area contributed by atoms with Gasteiger partial charge in [-0.15, -0.1) is 0 Å². The molecule has 1 aromatic rings. The number of carbonyl (C=O) groups is 2. The molecule has 18 heavy (non-hydrogen) atoms. The summed E-state index contributed by atoms with van der Waals surface area (Å²) < 4.78 is 4.57. The van der Waals surface area contributed by atoms with Gasteiger partial charge in [0.15, 0.2) is 0 Å². The molecule has 0 aliphatic heterocycles. The van der Waals surface area contributed by atoms with E-state index in [1.807, 2.05) is 30.3 Å². The van der Waals surface area contributed by atoms with E-state index in [1.165, 1.54) is 12.7 Å². The number of benzene rings is 1. The summed E-state index contributed by atoms with van der Waals surface area (Å²) in [6.45, 7) is 2.26. The highest BCUT2D eigenvalue weighted by atomic mass is 16.5. The molecule has 0 aliphatic rings. The summed E-state index contributed by atoms with van der Waals surface area (Å²) in [5, 5.41) is 2.79. The predicted octanol–water partition coefficient (Wildman–Crippen LogP) is 1.54. The third-order valence-electron chi connectivity index (χ3n) is 2.67. The van der Waals surface area contributed by atoms with Gasteiger partial charge in [-0.2, -0.15) is 0 Å². The Morgan fingerprint density at radius 2 is 1.94 bits per heavy atom. The van der Waals surface area contributed by atoms with Crippen molar-refractivity contribution in [2.24, 2.45) is 5.92 Å². The molecule has 98 valence electrons. The number of methoxy groups -OCH3 is 1. The molecular weight excluding hydrogens is 230 g/mol. The van der Waals surface area contributed by atoms with E-state index < -0.39 is 5.92 Å². The second-order valence-corrected chi connectivity index (χ2v) is 4.21. The lowest BCUT2D eigenvalue weighted by atomic mass is 10.1. The summed E-state index contributed by atoms with van der Waals surface area (Å²) in [5.41, 5.74) is 1.18. The van der Waals surface area contributed by atoms with Crippen LogP contribution in [0.2, 0.25) is 0 Å². The standard InChI is InChI=1S/C14H19NO3/c1-11(14(17)18-2)10-13(16)15-9-8-12-6-4-3-5-7-12/h3-7,11H,8-10H2,1-2H3,(H,15,16)/t11-/m1/s1. The normalized spacial score (nSPS) is 11.7. The minimum absolute atomic E-state index is 0.121. The Morgan fingerprint density at radius 3 is 2.56 bits per heavy atom. The monoisotopic (exact) mass is 249 g/mol. The Morgan fingerprint density at radius 1 is 1.28 bits per heavy atom. The summed E-state index contributed by atoms with van der Waals surface area (Å²) >= 11 is 0. The fourth-order valence-electron chi connectivity index (χ4n) is 1.63. The summed E-state index contributed by atoms with van der Waals surface area (Å²) in [5.74, 6) is -0.872. The quantitative estimate of drug-likeness (QED) is 0.778. The van der Waals surface area contributed by atoms with E-state index in [4.69, 9.17) is 0 Å². The lowest BCUT2D eigenvalue weighted by Crippen LogP contribution is -2.29. The van der Waals surface area contributed by atoms with Crippen molar-refractivity contribution in [3.05, 3.63) is 35.9 Å². The van der Waals surface area contributed by atoms with E-state index in [1.54, 1.807) is 6.92 Å². The molecule has 0 aromatic heterocycles. The van der Waals surface area contributed by atoms with Crippen molar-refractivity contribution in [3.8, 4) is 0 Å². The molecule has 0 radical (unpaired) electrons. The molecule has 0 saturated heterocycles. The van der Waals surface area contributed by atoms with Crippen molar-refractivity contribution in [3.63, 3.8) is 0 Å². The Kier molecular flexibility index (Phi) is 5.91. The van der Waals surface area contributed by atoms with Crippen LogP contribution in [-0.2, 0) is 20.7 Å². The SMILES string of the molecule is COC(=O)[C@H](C)CC(=O)NCCc1ccccc1. The van der Waals surface area contributed by atoms with E-state index >= 15 is 0 Å². The molecule has 4 heteroatoms. The minimum Gasteiger partial charge on any atom is -0.469 e. The zero-order valence-corrected chi connectivity index (χ0v) is 10.8. The molecule has 1 atom stereocenters. The zero-order valence-electron chi connectivity index (χ0n) is 10.8. The van der Waals surface area contributed by atoms with E-state index in [0.29, 0.717) is 6.54 Å². The van der Waals surface area contributed by atoms with E-state index in [2.05, 4.69) is 10.1 Å². The van der Waals surface area contributed by atoms with Crippen LogP contribution in [0.3, 0.4) is 0 Å². The van der Waals surface area contributed by atoms with Gasteiger partial charge >= 0.3 is 5.97 Å². The maximum atomic E-state index is 11.5. The molecule has 4 nitrogen and oxygen atoms in total. The molecule has 1 amide bonds. The largest absolute Gasteiger partial charge is 0.469 e. The molecule has 0 saturated carbocycles. The van der Waals surface area contributed by atoms with Crippen LogP contribution in [-0.4, -0.2) is 25.5 Å². The highest BCUT2D eigenvalue weighted by molar-refractivity contribution is 5.82. The molecule has 0 spiro atoms. The van der Waals surface area contributed by atoms with Gasteiger partial charge in [0.05, 0.1) is 13.0 Å². The van der Waals surface area contributed by atoms with Crippen LogP contribution in [0, 0.1) is 5.92 Å². The van der Waals surface area contributed by atoms with Gasteiger partial charge in [-0.05, 0) is 12.0 Å². The van der Waals surface area contributed by atoms with Gasteiger partial charge in [0.2, 0.25) is 5.91 Å². The average Bonchev–Trinajstić information content (AvgIpc) is 2.38. The summed E-state index contributed by atoms with van der Waals surface area (Å²) in [6, 6.07) is 9.93. The molecule has 1 rings (SSSR count). The minimum atomic E-state index is -0.397. The number of amides is 1. The second kappa shape index (κ2) is 7.48. The molecular formula is C14H19NO3. The highest BCUT2D eigenvalue weighted by Crippen LogP contribution is 2.04. The van der Waals surface area contributed by atoms with Crippen LogP contribution >= 0.6 is 0 Å². The number of nitrogens with one attached hydrogen (secondary N) is 1. The van der Waals surface area contributed by atoms with Crippen molar-refractivity contribution in [2.75, 3.05) is 13.7 Å². The van der Waals surface area contributed by atoms with Crippen LogP contribution in [0.15, 0.2) is 30.3 Å². The summed E-state index contributed by atoms with van der Waals surface area (Å²) in [6.07, 6.45) is 0.959. The maximum absolute atomic E-state index is 11.5. The van der Waals surface area contributed by atoms with Gasteiger partial charge in [0.1, 0.15) is 0 Å². The Balaban J connectivity index is 2.23. The molecule has 0 heterocycles. The second-order valence-electron chi connectivity index (χ2n) is 4.21. The van der Waals surface area contributed by atoms with Gasteiger partial charge in [0.25, 0.3) is 0 Å². The fourth-order valence-corrected chi connectivity index (χ4v) is 1.63. The molecule has 0 bridgehead atoms. The first-order chi connectivity index (χ1) is 8.63. The maximum Gasteiger partial charge on any atom is 0.308 e. The Labute approximate surface area is 107 Å². The van der Waals surface area contributed by atoms with E-state index in [9.17, 15) is 9.59 Å². The Bertz CT molecular complexity index is 389. The lowest BCUT2D eigenvalue weighted by molar-refractivity contribution is -0.146. The number of ether oxygens (including phenoxy) is 1. The first kappa shape index (κ1) is 14.2. The first-order valence-corrected chi connectivity index (χ1v) is 6.02. The van der Waals surface area contributed by atoms with Crippen LogP contribution in [0.25, 0.3) is 0 Å². The van der Waals surface area contributed by atoms with Crippen molar-refractivity contribution < 1.29 is 14.3 Å². The fraction of sp³-hybridized carbons (Fsp3) is 0.429. The molecule has 1 N–H and O–H groups in total. The number of carbonyl (C=O) groups excluding carboxylic acids is 2. The average molecular weight is 249 g/mol. The third kappa shape index (κ3) is 4.99. The van der Waals surface area contributed by atoms with Crippen molar-refractivity contribution >= 4 is 11.9 Å². The highest BCUT2D eigenvalue weighted by Gasteiger charge is 2.16. The summed E-state index contributed by atoms with van der Waals surface area (Å²) in [4.78, 5) is 22.7. The van der Waals surface area contributed by atoms with Crippen LogP contribution in [0.4, 0.5) is 0 Å². The van der Waals surface area contributed by atoms with Crippen molar-refractivity contribution in [2.45, 2.75) is 19.8 Å². The van der Waals surface area contributed by atoms with Crippen molar-refractivity contribution in [1.29, 1.82) is 0 Å². The zero-order chi connectivity index (χ0) is 13.4. The van der Waals surface area contributed by atoms with Crippen molar-refractivity contribution in [1.82, 2.24) is 5.32 Å². The molecule has 1 aromatic carbocycles. The van der Waals surface area contributed by atoms with Gasteiger partial charge in [-0.25, -0.2) is 0 Å². The number of esters is 1. The van der Waals surface area contributed by atoms with Crippen LogP contribution < -0.4 is 5.32 Å². The first-order valence-electron chi connectivity index (χ1n) is 6.02. The number of hydrogen-bond acceptors (Lipinski definition) is 3. The number of hydrogen-bond donors (Lipinski definition) is 1. The van der Waals surface area contributed by atoms with Gasteiger partial charge in [-0.3, -0.25) is 9.59 Å². The van der Waals surface area contributed by atoms with Gasteiger partial charge < -0.3 is 10.1 Å². The lowest BCUT2D eigenvalue weighted by Gasteiger charge is -2.09. The summed E-state index contributed by atoms with van der Waals surface area (Å²) in [7, 11) is 1.33. The number of rotatable bonds is 6. The smallest absolute Gasteiger partial charge is 0.308 e. The Hall–Kier alpha value is -1.84. The van der Waals surface area contributed by atoms with E-state index in [0.717, 1.165) is 6.42 Å². The predicted molar refractivity (Wildman–Crippen MR) is 69.0 cm³/mol. The molecule has 0 fully saturated rings. The van der Waals surface area contributed by atoms with Gasteiger partial charge in [-0.1, -0.05) is 37.3 Å². The van der Waals surface area contributed by atoms with Crippen LogP contribution in [0.1, 0.15) is 18.9 Å². The van der Waals surface area contributed by atoms with Crippen LogP contribution in [0.5, 0.6) is 0 Å². The van der Waals surface area contributed by atoms with E-state index in [-0.39, 0.29) is 18.3 Å². The third-order valence-corrected chi connectivity index (χ3v) is 2.67.